The minimum Gasteiger partial charge on any atom is -0.395 e. The van der Waals surface area contributed by atoms with Crippen molar-refractivity contribution in [3.63, 3.8) is 0 Å². The molecular formula is C11H22N2O2. The van der Waals surface area contributed by atoms with Crippen molar-refractivity contribution in [2.24, 2.45) is 0 Å². The number of ether oxygens (including phenoxy) is 1. The van der Waals surface area contributed by atoms with Crippen LogP contribution in [0.1, 0.15) is 6.92 Å². The van der Waals surface area contributed by atoms with Crippen molar-refractivity contribution in [3.8, 4) is 0 Å². The minimum absolute atomic E-state index is 0.0268. The smallest absolute Gasteiger partial charge is 0.0902 e. The van der Waals surface area contributed by atoms with Crippen molar-refractivity contribution in [3.05, 3.63) is 12.7 Å². The molecule has 1 aliphatic rings. The molecule has 0 aromatic heterocycles. The summed E-state index contributed by atoms with van der Waals surface area (Å²) in [5.74, 6) is 0. The highest BCUT2D eigenvalue weighted by molar-refractivity contribution is 4.90. The van der Waals surface area contributed by atoms with Gasteiger partial charge in [0, 0.05) is 32.7 Å². The van der Waals surface area contributed by atoms with E-state index in [0.717, 1.165) is 26.2 Å². The lowest BCUT2D eigenvalue weighted by molar-refractivity contribution is -0.0720. The minimum atomic E-state index is 0.0268. The van der Waals surface area contributed by atoms with Crippen molar-refractivity contribution < 1.29 is 9.84 Å². The molecule has 0 aromatic rings. The number of nitrogens with zero attached hydrogens (tertiary/aromatic N) is 1. The van der Waals surface area contributed by atoms with Gasteiger partial charge in [0.1, 0.15) is 0 Å². The molecule has 1 fully saturated rings. The molecule has 0 atom stereocenters. The summed E-state index contributed by atoms with van der Waals surface area (Å²) in [6.45, 7) is 10.9. The zero-order chi connectivity index (χ0) is 11.1. The molecule has 0 radical (unpaired) electrons. The van der Waals surface area contributed by atoms with Crippen molar-refractivity contribution in [2.75, 3.05) is 45.9 Å². The van der Waals surface area contributed by atoms with Crippen LogP contribution >= 0.6 is 0 Å². The van der Waals surface area contributed by atoms with Crippen LogP contribution in [0.4, 0.5) is 0 Å². The zero-order valence-electron chi connectivity index (χ0n) is 9.54. The summed E-state index contributed by atoms with van der Waals surface area (Å²) in [4.78, 5) is 2.13. The van der Waals surface area contributed by atoms with Gasteiger partial charge in [-0.2, -0.15) is 0 Å². The standard InChI is InChI=1S/C11H22N2O2/c1-3-4-13(5-7-14)6-8-15-11(2)9-12-10-11/h3,12,14H,1,4-10H2,2H3. The van der Waals surface area contributed by atoms with Gasteiger partial charge in [0.15, 0.2) is 0 Å². The highest BCUT2D eigenvalue weighted by Crippen LogP contribution is 2.14. The molecule has 0 bridgehead atoms. The van der Waals surface area contributed by atoms with Gasteiger partial charge < -0.3 is 15.2 Å². The molecular weight excluding hydrogens is 192 g/mol. The second-order valence-corrected chi connectivity index (χ2v) is 4.21. The number of nitrogens with one attached hydrogen (secondary N) is 1. The van der Waals surface area contributed by atoms with Crippen LogP contribution in [0, 0.1) is 0 Å². The summed E-state index contributed by atoms with van der Waals surface area (Å²) >= 11 is 0. The molecule has 1 heterocycles. The third-order valence-corrected chi connectivity index (χ3v) is 2.66. The quantitative estimate of drug-likeness (QED) is 0.551. The average Bonchev–Trinajstić information content (AvgIpc) is 2.16. The molecule has 4 nitrogen and oxygen atoms in total. The zero-order valence-corrected chi connectivity index (χ0v) is 9.54. The molecule has 0 saturated carbocycles. The van der Waals surface area contributed by atoms with Crippen LogP contribution in [-0.4, -0.2) is 61.5 Å². The van der Waals surface area contributed by atoms with E-state index in [9.17, 15) is 0 Å². The summed E-state index contributed by atoms with van der Waals surface area (Å²) in [5.41, 5.74) is 0.0268. The van der Waals surface area contributed by atoms with E-state index in [-0.39, 0.29) is 12.2 Å². The fraction of sp³-hybridized carbons (Fsp3) is 0.818. The maximum absolute atomic E-state index is 8.85. The highest BCUT2D eigenvalue weighted by atomic mass is 16.5. The molecule has 15 heavy (non-hydrogen) atoms. The van der Waals surface area contributed by atoms with E-state index in [4.69, 9.17) is 9.84 Å². The predicted octanol–water partition coefficient (Wildman–Crippen LogP) is -0.155. The van der Waals surface area contributed by atoms with Gasteiger partial charge in [0.25, 0.3) is 0 Å². The van der Waals surface area contributed by atoms with Crippen molar-refractivity contribution in [2.45, 2.75) is 12.5 Å². The SMILES string of the molecule is C=CCN(CCO)CCOC1(C)CNC1. The Hall–Kier alpha value is -0.420. The number of hydrogen-bond donors (Lipinski definition) is 2. The van der Waals surface area contributed by atoms with Crippen molar-refractivity contribution >= 4 is 0 Å². The Labute approximate surface area is 91.9 Å². The van der Waals surface area contributed by atoms with E-state index < -0.39 is 0 Å². The Morgan fingerprint density at radius 3 is 2.73 bits per heavy atom. The van der Waals surface area contributed by atoms with Crippen molar-refractivity contribution in [1.82, 2.24) is 10.2 Å². The van der Waals surface area contributed by atoms with Crippen LogP contribution < -0.4 is 5.32 Å². The molecule has 88 valence electrons. The molecule has 0 aromatic carbocycles. The summed E-state index contributed by atoms with van der Waals surface area (Å²) in [7, 11) is 0. The maximum Gasteiger partial charge on any atom is 0.0902 e. The average molecular weight is 214 g/mol. The first kappa shape index (κ1) is 12.6. The summed E-state index contributed by atoms with van der Waals surface area (Å²) in [6.07, 6.45) is 1.85. The van der Waals surface area contributed by atoms with Gasteiger partial charge in [-0.1, -0.05) is 6.08 Å². The van der Waals surface area contributed by atoms with Gasteiger partial charge in [-0.15, -0.1) is 6.58 Å². The van der Waals surface area contributed by atoms with E-state index >= 15 is 0 Å². The topological polar surface area (TPSA) is 44.7 Å². The highest BCUT2D eigenvalue weighted by Gasteiger charge is 2.32. The van der Waals surface area contributed by atoms with Crippen LogP contribution in [0.2, 0.25) is 0 Å². The molecule has 1 saturated heterocycles. The number of aliphatic hydroxyl groups is 1. The van der Waals surface area contributed by atoms with Crippen LogP contribution in [0.5, 0.6) is 0 Å². The first-order chi connectivity index (χ1) is 7.20. The van der Waals surface area contributed by atoms with Crippen LogP contribution in [0.25, 0.3) is 0 Å². The fourth-order valence-corrected chi connectivity index (χ4v) is 1.62. The lowest BCUT2D eigenvalue weighted by Crippen LogP contribution is -2.59. The summed E-state index contributed by atoms with van der Waals surface area (Å²) < 4.78 is 5.77. The van der Waals surface area contributed by atoms with E-state index in [2.05, 4.69) is 23.7 Å². The Bertz CT molecular complexity index is 193. The molecule has 0 amide bonds. The Morgan fingerprint density at radius 2 is 2.27 bits per heavy atom. The lowest BCUT2D eigenvalue weighted by atomic mass is 10.0. The number of rotatable bonds is 8. The second kappa shape index (κ2) is 6.23. The molecule has 0 spiro atoms. The third-order valence-electron chi connectivity index (χ3n) is 2.66. The van der Waals surface area contributed by atoms with E-state index in [1.807, 2.05) is 6.08 Å². The Balaban J connectivity index is 2.12. The molecule has 1 aliphatic heterocycles. The normalized spacial score (nSPS) is 18.9. The maximum atomic E-state index is 8.85. The largest absolute Gasteiger partial charge is 0.395 e. The van der Waals surface area contributed by atoms with Gasteiger partial charge in [-0.25, -0.2) is 0 Å². The summed E-state index contributed by atoms with van der Waals surface area (Å²) in [6, 6.07) is 0. The fourth-order valence-electron chi connectivity index (χ4n) is 1.62. The van der Waals surface area contributed by atoms with Gasteiger partial charge in [-0.05, 0) is 6.92 Å². The van der Waals surface area contributed by atoms with Gasteiger partial charge in [-0.3, -0.25) is 4.90 Å². The van der Waals surface area contributed by atoms with Crippen LogP contribution in [-0.2, 0) is 4.74 Å². The van der Waals surface area contributed by atoms with E-state index in [1.54, 1.807) is 0 Å². The Kier molecular flexibility index (Phi) is 5.25. The van der Waals surface area contributed by atoms with Gasteiger partial charge in [0.05, 0.1) is 18.8 Å². The molecule has 0 unspecified atom stereocenters. The first-order valence-corrected chi connectivity index (χ1v) is 5.49. The molecule has 0 aliphatic carbocycles. The third kappa shape index (κ3) is 4.30. The van der Waals surface area contributed by atoms with Crippen molar-refractivity contribution in [1.29, 1.82) is 0 Å². The van der Waals surface area contributed by atoms with Crippen LogP contribution in [0.15, 0.2) is 12.7 Å². The Morgan fingerprint density at radius 1 is 1.53 bits per heavy atom. The first-order valence-electron chi connectivity index (χ1n) is 5.49. The number of aliphatic hydroxyl groups excluding tert-OH is 1. The predicted molar refractivity (Wildman–Crippen MR) is 60.9 cm³/mol. The van der Waals surface area contributed by atoms with Crippen LogP contribution in [0.3, 0.4) is 0 Å². The monoisotopic (exact) mass is 214 g/mol. The van der Waals surface area contributed by atoms with E-state index in [0.29, 0.717) is 13.2 Å². The van der Waals surface area contributed by atoms with Gasteiger partial charge >= 0.3 is 0 Å². The lowest BCUT2D eigenvalue weighted by Gasteiger charge is -2.39. The summed E-state index contributed by atoms with van der Waals surface area (Å²) in [5, 5.41) is 12.0. The second-order valence-electron chi connectivity index (χ2n) is 4.21. The number of hydrogen-bond acceptors (Lipinski definition) is 4. The molecule has 4 heteroatoms. The van der Waals surface area contributed by atoms with E-state index in [1.165, 1.54) is 0 Å². The van der Waals surface area contributed by atoms with Gasteiger partial charge in [0.2, 0.25) is 0 Å². The molecule has 2 N–H and O–H groups in total. The molecule has 1 rings (SSSR count).